The standard InChI is InChI=1S/C17H22N4O2S/c1-10-4-5-13-14(9-24-15(13)6-10)17(23)19-18-16(22)8-21-12(3)7-11(2)20-21/h7,9-10H,4-6,8H2,1-3H3,(H,18,22)(H,19,23). The van der Waals surface area contributed by atoms with Crippen LogP contribution in [0, 0.1) is 19.8 Å². The van der Waals surface area contributed by atoms with Crippen LogP contribution >= 0.6 is 11.3 Å². The van der Waals surface area contributed by atoms with E-state index in [1.54, 1.807) is 16.0 Å². The van der Waals surface area contributed by atoms with Crippen molar-refractivity contribution in [2.24, 2.45) is 5.92 Å². The lowest BCUT2D eigenvalue weighted by atomic mass is 9.88. The van der Waals surface area contributed by atoms with Gasteiger partial charge in [-0.2, -0.15) is 5.10 Å². The molecule has 0 bridgehead atoms. The van der Waals surface area contributed by atoms with E-state index in [0.29, 0.717) is 11.5 Å². The third kappa shape index (κ3) is 3.51. The second-order valence-corrected chi connectivity index (χ2v) is 7.45. The molecule has 1 aliphatic carbocycles. The van der Waals surface area contributed by atoms with E-state index in [4.69, 9.17) is 0 Å². The normalized spacial score (nSPS) is 16.5. The molecule has 2 aromatic rings. The van der Waals surface area contributed by atoms with Crippen molar-refractivity contribution in [2.75, 3.05) is 0 Å². The number of nitrogens with zero attached hydrogens (tertiary/aromatic N) is 2. The minimum absolute atomic E-state index is 0.0826. The van der Waals surface area contributed by atoms with Gasteiger partial charge in [0.2, 0.25) is 0 Å². The van der Waals surface area contributed by atoms with E-state index in [1.807, 2.05) is 25.3 Å². The summed E-state index contributed by atoms with van der Waals surface area (Å²) >= 11 is 1.64. The molecule has 0 fully saturated rings. The lowest BCUT2D eigenvalue weighted by Crippen LogP contribution is -2.43. The Morgan fingerprint density at radius 2 is 2.17 bits per heavy atom. The van der Waals surface area contributed by atoms with Gasteiger partial charge in [0, 0.05) is 16.0 Å². The number of carbonyl (C=O) groups excluding carboxylic acids is 2. The summed E-state index contributed by atoms with van der Waals surface area (Å²) < 4.78 is 1.62. The van der Waals surface area contributed by atoms with Crippen molar-refractivity contribution < 1.29 is 9.59 Å². The van der Waals surface area contributed by atoms with Crippen LogP contribution in [0.25, 0.3) is 0 Å². The number of fused-ring (bicyclic) bond motifs is 1. The van der Waals surface area contributed by atoms with Gasteiger partial charge in [0.05, 0.1) is 11.3 Å². The molecule has 1 unspecified atom stereocenters. The van der Waals surface area contributed by atoms with Gasteiger partial charge in [-0.3, -0.25) is 25.1 Å². The molecule has 0 saturated heterocycles. The van der Waals surface area contributed by atoms with Crippen molar-refractivity contribution >= 4 is 23.2 Å². The van der Waals surface area contributed by atoms with Crippen LogP contribution in [-0.2, 0) is 24.2 Å². The van der Waals surface area contributed by atoms with E-state index in [1.165, 1.54) is 4.88 Å². The molecule has 0 radical (unpaired) electrons. The number of thiophene rings is 1. The number of aromatic nitrogens is 2. The summed E-state index contributed by atoms with van der Waals surface area (Å²) in [6.07, 6.45) is 3.08. The van der Waals surface area contributed by atoms with Crippen LogP contribution in [0.2, 0.25) is 0 Å². The Hall–Kier alpha value is -2.15. The number of aryl methyl sites for hydroxylation is 2. The molecule has 0 aliphatic heterocycles. The number of carbonyl (C=O) groups is 2. The Morgan fingerprint density at radius 1 is 1.38 bits per heavy atom. The summed E-state index contributed by atoms with van der Waals surface area (Å²) in [4.78, 5) is 25.6. The third-order valence-corrected chi connectivity index (χ3v) is 5.41. The summed E-state index contributed by atoms with van der Waals surface area (Å²) in [7, 11) is 0. The maximum atomic E-state index is 12.3. The lowest BCUT2D eigenvalue weighted by Gasteiger charge is -2.18. The van der Waals surface area contributed by atoms with Crippen LogP contribution in [0.5, 0.6) is 0 Å². The highest BCUT2D eigenvalue weighted by Gasteiger charge is 2.23. The molecule has 2 amide bonds. The van der Waals surface area contributed by atoms with Crippen molar-refractivity contribution in [2.45, 2.75) is 46.6 Å². The molecule has 2 aromatic heterocycles. The highest BCUT2D eigenvalue weighted by atomic mass is 32.1. The van der Waals surface area contributed by atoms with Gasteiger partial charge >= 0.3 is 0 Å². The number of hydrazine groups is 1. The number of nitrogens with one attached hydrogen (secondary N) is 2. The maximum absolute atomic E-state index is 12.3. The van der Waals surface area contributed by atoms with Crippen molar-refractivity contribution in [1.29, 1.82) is 0 Å². The summed E-state index contributed by atoms with van der Waals surface area (Å²) in [5.74, 6) is 0.128. The smallest absolute Gasteiger partial charge is 0.270 e. The van der Waals surface area contributed by atoms with Crippen molar-refractivity contribution in [3.63, 3.8) is 0 Å². The molecular formula is C17H22N4O2S. The van der Waals surface area contributed by atoms with E-state index >= 15 is 0 Å². The molecule has 0 aromatic carbocycles. The first-order chi connectivity index (χ1) is 11.4. The van der Waals surface area contributed by atoms with E-state index in [2.05, 4.69) is 22.9 Å². The highest BCUT2D eigenvalue weighted by molar-refractivity contribution is 7.10. The molecule has 2 N–H and O–H groups in total. The Bertz CT molecular complexity index is 778. The molecule has 1 atom stereocenters. The largest absolute Gasteiger partial charge is 0.271 e. The number of hydrogen-bond acceptors (Lipinski definition) is 4. The maximum Gasteiger partial charge on any atom is 0.270 e. The highest BCUT2D eigenvalue weighted by Crippen LogP contribution is 2.32. The average molecular weight is 346 g/mol. The minimum atomic E-state index is -0.299. The van der Waals surface area contributed by atoms with Gasteiger partial charge in [0.1, 0.15) is 6.54 Å². The molecule has 3 rings (SSSR count). The first-order valence-corrected chi connectivity index (χ1v) is 9.01. The fourth-order valence-electron chi connectivity index (χ4n) is 3.07. The number of hydrogen-bond donors (Lipinski definition) is 2. The van der Waals surface area contributed by atoms with Gasteiger partial charge < -0.3 is 0 Å². The molecule has 6 nitrogen and oxygen atoms in total. The van der Waals surface area contributed by atoms with Crippen LogP contribution < -0.4 is 10.9 Å². The zero-order chi connectivity index (χ0) is 17.3. The summed E-state index contributed by atoms with van der Waals surface area (Å²) in [5, 5.41) is 6.13. The van der Waals surface area contributed by atoms with Crippen LogP contribution in [0.4, 0.5) is 0 Å². The first-order valence-electron chi connectivity index (χ1n) is 8.13. The van der Waals surface area contributed by atoms with Gasteiger partial charge in [-0.05, 0) is 50.7 Å². The second-order valence-electron chi connectivity index (χ2n) is 6.49. The molecule has 0 spiro atoms. The van der Waals surface area contributed by atoms with E-state index < -0.39 is 0 Å². The Kier molecular flexibility index (Phi) is 4.71. The zero-order valence-corrected chi connectivity index (χ0v) is 15.0. The predicted molar refractivity (Wildman–Crippen MR) is 92.8 cm³/mol. The third-order valence-electron chi connectivity index (χ3n) is 4.36. The number of rotatable bonds is 3. The Morgan fingerprint density at radius 3 is 2.88 bits per heavy atom. The Labute approximate surface area is 145 Å². The molecule has 2 heterocycles. The molecule has 24 heavy (non-hydrogen) atoms. The van der Waals surface area contributed by atoms with E-state index in [0.717, 1.165) is 36.2 Å². The van der Waals surface area contributed by atoms with Crippen molar-refractivity contribution in [3.8, 4) is 0 Å². The Balaban J connectivity index is 1.58. The minimum Gasteiger partial charge on any atom is -0.271 e. The topological polar surface area (TPSA) is 76.0 Å². The fourth-order valence-corrected chi connectivity index (χ4v) is 4.32. The molecular weight excluding hydrogens is 324 g/mol. The summed E-state index contributed by atoms with van der Waals surface area (Å²) in [6.45, 7) is 6.09. The fraction of sp³-hybridized carbons (Fsp3) is 0.471. The number of amides is 2. The second kappa shape index (κ2) is 6.76. The molecule has 128 valence electrons. The molecule has 1 aliphatic rings. The molecule has 0 saturated carbocycles. The predicted octanol–water partition coefficient (Wildman–Crippen LogP) is 2.15. The van der Waals surface area contributed by atoms with Gasteiger partial charge in [0.25, 0.3) is 11.8 Å². The van der Waals surface area contributed by atoms with Gasteiger partial charge in [-0.1, -0.05) is 6.92 Å². The van der Waals surface area contributed by atoms with Gasteiger partial charge in [-0.15, -0.1) is 11.3 Å². The van der Waals surface area contributed by atoms with E-state index in [-0.39, 0.29) is 18.4 Å². The van der Waals surface area contributed by atoms with Crippen LogP contribution in [0.15, 0.2) is 11.4 Å². The molecule has 7 heteroatoms. The van der Waals surface area contributed by atoms with Crippen LogP contribution in [0.3, 0.4) is 0 Å². The lowest BCUT2D eigenvalue weighted by molar-refractivity contribution is -0.122. The van der Waals surface area contributed by atoms with Crippen LogP contribution in [-0.4, -0.2) is 21.6 Å². The summed E-state index contributed by atoms with van der Waals surface area (Å²) in [5.41, 5.74) is 8.60. The van der Waals surface area contributed by atoms with Gasteiger partial charge in [-0.25, -0.2) is 0 Å². The van der Waals surface area contributed by atoms with Crippen molar-refractivity contribution in [1.82, 2.24) is 20.6 Å². The van der Waals surface area contributed by atoms with Crippen molar-refractivity contribution in [3.05, 3.63) is 38.8 Å². The van der Waals surface area contributed by atoms with Gasteiger partial charge in [0.15, 0.2) is 0 Å². The van der Waals surface area contributed by atoms with E-state index in [9.17, 15) is 9.59 Å². The quantitative estimate of drug-likeness (QED) is 0.836. The van der Waals surface area contributed by atoms with Crippen LogP contribution in [0.1, 0.15) is 45.5 Å². The summed E-state index contributed by atoms with van der Waals surface area (Å²) in [6, 6.07) is 1.91. The SMILES string of the molecule is Cc1cc(C)n(CC(=O)NNC(=O)c2csc3c2CCC(C)C3)n1. The monoisotopic (exact) mass is 346 g/mol. The zero-order valence-electron chi connectivity index (χ0n) is 14.2. The first kappa shape index (κ1) is 16.7. The average Bonchev–Trinajstić information content (AvgIpc) is 3.07.